The first-order valence-corrected chi connectivity index (χ1v) is 9.60. The lowest BCUT2D eigenvalue weighted by Crippen LogP contribution is -2.23. The normalized spacial score (nSPS) is 16.2. The molecule has 0 spiro atoms. The molecule has 0 radical (unpaired) electrons. The lowest BCUT2D eigenvalue weighted by atomic mass is 9.99. The van der Waals surface area contributed by atoms with Crippen LogP contribution in [0.25, 0.3) is 38.6 Å². The largest absolute Gasteiger partial charge is 0.496 e. The molecule has 5 rings (SSSR count). The number of rotatable bonds is 3. The third-order valence-electron chi connectivity index (χ3n) is 5.33. The molecule has 3 aromatic heterocycles. The zero-order valence-electron chi connectivity index (χ0n) is 17.1. The highest BCUT2D eigenvalue weighted by Crippen LogP contribution is 2.40. The number of aryl methyl sites for hydroxylation is 3. The van der Waals surface area contributed by atoms with Crippen LogP contribution in [0.5, 0.6) is 5.75 Å². The number of hydrogen-bond acceptors (Lipinski definition) is 7. The van der Waals surface area contributed by atoms with Gasteiger partial charge in [-0.3, -0.25) is 0 Å². The Hall–Kier alpha value is -3.65. The number of nitrogens with one attached hydrogen (secondary N) is 2. The van der Waals surface area contributed by atoms with Crippen molar-refractivity contribution in [3.8, 4) is 16.9 Å². The van der Waals surface area contributed by atoms with E-state index in [1.165, 1.54) is 0 Å². The zero-order chi connectivity index (χ0) is 21.0. The van der Waals surface area contributed by atoms with Crippen molar-refractivity contribution in [1.82, 2.24) is 25.4 Å². The highest BCUT2D eigenvalue weighted by Gasteiger charge is 2.21. The summed E-state index contributed by atoms with van der Waals surface area (Å²) in [4.78, 5) is 12.7. The number of H-pyrrole nitrogens is 1. The van der Waals surface area contributed by atoms with E-state index in [9.17, 15) is 5.11 Å². The summed E-state index contributed by atoms with van der Waals surface area (Å²) in [5.41, 5.74) is 5.84. The van der Waals surface area contributed by atoms with Crippen LogP contribution in [-0.2, 0) is 0 Å². The Balaban J connectivity index is 1.83. The van der Waals surface area contributed by atoms with E-state index in [0.717, 1.165) is 55.8 Å². The van der Waals surface area contributed by atoms with Crippen molar-refractivity contribution in [1.29, 1.82) is 0 Å². The number of nitrogens with zero attached hydrogens (tertiary/aromatic N) is 3. The van der Waals surface area contributed by atoms with Crippen molar-refractivity contribution in [3.05, 3.63) is 53.5 Å². The number of dihydropyridines is 1. The number of ether oxygens (including phenoxy) is 1. The molecule has 0 amide bonds. The number of benzene rings is 1. The molecule has 0 fully saturated rings. The van der Waals surface area contributed by atoms with Crippen LogP contribution < -0.4 is 10.1 Å². The predicted octanol–water partition coefficient (Wildman–Crippen LogP) is 3.52. The average Bonchev–Trinajstić information content (AvgIpc) is 3.24. The van der Waals surface area contributed by atoms with Gasteiger partial charge in [-0.1, -0.05) is 5.16 Å². The van der Waals surface area contributed by atoms with Gasteiger partial charge in [-0.2, -0.15) is 0 Å². The lowest BCUT2D eigenvalue weighted by Gasteiger charge is -2.14. The second-order valence-corrected chi connectivity index (χ2v) is 7.33. The summed E-state index contributed by atoms with van der Waals surface area (Å²) in [7, 11) is 1.65. The van der Waals surface area contributed by atoms with Gasteiger partial charge in [0.2, 0.25) is 0 Å². The van der Waals surface area contributed by atoms with Crippen molar-refractivity contribution in [2.24, 2.45) is 0 Å². The fraction of sp³-hybridized carbons (Fsp3) is 0.227. The first-order valence-electron chi connectivity index (χ1n) is 9.60. The quantitative estimate of drug-likeness (QED) is 0.480. The average molecular weight is 403 g/mol. The summed E-state index contributed by atoms with van der Waals surface area (Å²) in [6.07, 6.45) is 4.58. The van der Waals surface area contributed by atoms with Crippen LogP contribution in [0.4, 0.5) is 0 Å². The third kappa shape index (κ3) is 2.76. The molecule has 152 valence electrons. The molecule has 0 bridgehead atoms. The maximum Gasteiger partial charge on any atom is 0.144 e. The van der Waals surface area contributed by atoms with E-state index in [0.29, 0.717) is 11.6 Å². The van der Waals surface area contributed by atoms with Gasteiger partial charge in [0.25, 0.3) is 0 Å². The van der Waals surface area contributed by atoms with Crippen LogP contribution >= 0.6 is 0 Å². The first kappa shape index (κ1) is 18.4. The zero-order valence-corrected chi connectivity index (χ0v) is 17.1. The van der Waals surface area contributed by atoms with E-state index >= 15 is 0 Å². The number of allylic oxidation sites excluding steroid dienone is 2. The van der Waals surface area contributed by atoms with Gasteiger partial charge < -0.3 is 24.7 Å². The molecule has 1 aliphatic rings. The van der Waals surface area contributed by atoms with E-state index in [1.807, 2.05) is 39.0 Å². The van der Waals surface area contributed by atoms with Gasteiger partial charge in [-0.15, -0.1) is 0 Å². The van der Waals surface area contributed by atoms with Gasteiger partial charge in [-0.25, -0.2) is 9.97 Å². The number of fused-ring (bicyclic) bond motifs is 3. The summed E-state index contributed by atoms with van der Waals surface area (Å²) in [5.74, 6) is 2.08. The molecule has 0 aliphatic carbocycles. The molecule has 1 atom stereocenters. The van der Waals surface area contributed by atoms with Gasteiger partial charge in [0, 0.05) is 22.0 Å². The van der Waals surface area contributed by atoms with Gasteiger partial charge in [0.15, 0.2) is 0 Å². The smallest absolute Gasteiger partial charge is 0.144 e. The molecule has 1 aromatic carbocycles. The Labute approximate surface area is 172 Å². The summed E-state index contributed by atoms with van der Waals surface area (Å²) in [6.45, 7) is 5.65. The molecule has 0 saturated carbocycles. The molecule has 8 nitrogen and oxygen atoms in total. The molecule has 4 aromatic rings. The minimum atomic E-state index is -0.763. The van der Waals surface area contributed by atoms with E-state index in [-0.39, 0.29) is 0 Å². The maximum atomic E-state index is 10.00. The SMILES string of the molecule is COc1cc2c(cc1-c1c(C)noc1C)[nH]c1nc(C)nc(C3=CC(O)NC=C3)c12. The first-order chi connectivity index (χ1) is 14.5. The maximum absolute atomic E-state index is 10.00. The highest BCUT2D eigenvalue weighted by molar-refractivity contribution is 6.12. The van der Waals surface area contributed by atoms with Gasteiger partial charge in [0.1, 0.15) is 29.2 Å². The molecule has 1 unspecified atom stereocenters. The predicted molar refractivity (Wildman–Crippen MR) is 114 cm³/mol. The summed E-state index contributed by atoms with van der Waals surface area (Å²) in [5, 5.41) is 18.7. The second-order valence-electron chi connectivity index (χ2n) is 7.33. The fourth-order valence-electron chi connectivity index (χ4n) is 4.04. The number of hydrogen-bond donors (Lipinski definition) is 3. The van der Waals surface area contributed by atoms with E-state index in [4.69, 9.17) is 9.26 Å². The summed E-state index contributed by atoms with van der Waals surface area (Å²) < 4.78 is 11.1. The molecular weight excluding hydrogens is 382 g/mol. The number of methoxy groups -OCH3 is 1. The highest BCUT2D eigenvalue weighted by atomic mass is 16.5. The number of aliphatic hydroxyl groups excluding tert-OH is 1. The van der Waals surface area contributed by atoms with Crippen molar-refractivity contribution >= 4 is 27.5 Å². The van der Waals surface area contributed by atoms with Crippen LogP contribution in [0.1, 0.15) is 23.0 Å². The fourth-order valence-corrected chi connectivity index (χ4v) is 4.04. The minimum Gasteiger partial charge on any atom is -0.496 e. The van der Waals surface area contributed by atoms with Crippen LogP contribution in [0, 0.1) is 20.8 Å². The van der Waals surface area contributed by atoms with Gasteiger partial charge in [0.05, 0.1) is 29.4 Å². The molecule has 3 N–H and O–H groups in total. The Kier molecular flexibility index (Phi) is 4.11. The van der Waals surface area contributed by atoms with Crippen LogP contribution in [0.2, 0.25) is 0 Å². The van der Waals surface area contributed by atoms with Crippen LogP contribution in [0.15, 0.2) is 35.0 Å². The monoisotopic (exact) mass is 403 g/mol. The number of aromatic nitrogens is 4. The molecule has 30 heavy (non-hydrogen) atoms. The molecule has 1 aliphatic heterocycles. The van der Waals surface area contributed by atoms with Crippen LogP contribution in [-0.4, -0.2) is 38.6 Å². The molecule has 4 heterocycles. The summed E-state index contributed by atoms with van der Waals surface area (Å²) >= 11 is 0. The van der Waals surface area contributed by atoms with Crippen molar-refractivity contribution in [2.75, 3.05) is 7.11 Å². The number of aliphatic hydroxyl groups is 1. The topological polar surface area (TPSA) is 109 Å². The molecular formula is C22H21N5O3. The van der Waals surface area contributed by atoms with E-state index in [2.05, 4.69) is 25.4 Å². The second kappa shape index (κ2) is 6.70. The minimum absolute atomic E-state index is 0.643. The Morgan fingerprint density at radius 2 is 2.00 bits per heavy atom. The van der Waals surface area contributed by atoms with Gasteiger partial charge in [-0.05, 0) is 51.3 Å². The lowest BCUT2D eigenvalue weighted by molar-refractivity contribution is 0.201. The van der Waals surface area contributed by atoms with Crippen molar-refractivity contribution < 1.29 is 14.4 Å². The van der Waals surface area contributed by atoms with E-state index < -0.39 is 6.23 Å². The molecule has 8 heteroatoms. The molecule has 0 saturated heterocycles. The van der Waals surface area contributed by atoms with Gasteiger partial charge >= 0.3 is 0 Å². The van der Waals surface area contributed by atoms with E-state index in [1.54, 1.807) is 19.4 Å². The summed E-state index contributed by atoms with van der Waals surface area (Å²) in [6, 6.07) is 4.02. The van der Waals surface area contributed by atoms with Crippen LogP contribution in [0.3, 0.4) is 0 Å². The third-order valence-corrected chi connectivity index (χ3v) is 5.33. The Bertz CT molecular complexity index is 1340. The van der Waals surface area contributed by atoms with Crippen molar-refractivity contribution in [2.45, 2.75) is 27.0 Å². The van der Waals surface area contributed by atoms with Crippen molar-refractivity contribution in [3.63, 3.8) is 0 Å². The Morgan fingerprint density at radius 3 is 2.70 bits per heavy atom. The Morgan fingerprint density at radius 1 is 1.17 bits per heavy atom. The number of aromatic amines is 1. The standard InChI is InChI=1S/C22H21N5O3/c1-10-19(11(2)30-27-10)15-8-16-14(9-17(15)29-4)20-21(13-5-6-23-18(28)7-13)24-12(3)25-22(20)26-16/h5-9,18,23,28H,1-4H3,(H,24,25,26).